The molecular formula is C12H15N3OS. The molecule has 17 heavy (non-hydrogen) atoms. The van der Waals surface area contributed by atoms with Crippen LogP contribution < -0.4 is 15.9 Å². The molecule has 3 N–H and O–H groups in total. The summed E-state index contributed by atoms with van der Waals surface area (Å²) in [7, 11) is 1.66. The van der Waals surface area contributed by atoms with Crippen molar-refractivity contribution < 1.29 is 4.74 Å². The van der Waals surface area contributed by atoms with E-state index in [9.17, 15) is 0 Å². The van der Waals surface area contributed by atoms with Crippen molar-refractivity contribution in [1.82, 2.24) is 5.43 Å². The lowest BCUT2D eigenvalue weighted by atomic mass is 9.90. The van der Waals surface area contributed by atoms with E-state index in [1.54, 1.807) is 7.11 Å². The molecule has 1 aliphatic carbocycles. The Labute approximate surface area is 106 Å². The third-order valence-electron chi connectivity index (χ3n) is 2.79. The van der Waals surface area contributed by atoms with Crippen molar-refractivity contribution in [1.29, 1.82) is 0 Å². The van der Waals surface area contributed by atoms with Gasteiger partial charge in [0.15, 0.2) is 5.11 Å². The summed E-state index contributed by atoms with van der Waals surface area (Å²) in [5.41, 5.74) is 11.4. The van der Waals surface area contributed by atoms with Crippen LogP contribution in [-0.4, -0.2) is 17.9 Å². The van der Waals surface area contributed by atoms with Crippen LogP contribution in [0.1, 0.15) is 24.0 Å². The summed E-state index contributed by atoms with van der Waals surface area (Å²) >= 11 is 4.75. The minimum Gasteiger partial charge on any atom is -0.497 e. The summed E-state index contributed by atoms with van der Waals surface area (Å²) in [6, 6.07) is 6.07. The fourth-order valence-corrected chi connectivity index (χ4v) is 2.03. The molecule has 0 unspecified atom stereocenters. The Kier molecular flexibility index (Phi) is 3.58. The van der Waals surface area contributed by atoms with Gasteiger partial charge in [-0.25, -0.2) is 0 Å². The first-order valence-electron chi connectivity index (χ1n) is 5.50. The second kappa shape index (κ2) is 5.14. The number of rotatable bonds is 2. The highest BCUT2D eigenvalue weighted by molar-refractivity contribution is 7.80. The zero-order valence-electron chi connectivity index (χ0n) is 9.69. The van der Waals surface area contributed by atoms with Gasteiger partial charge in [-0.3, -0.25) is 5.43 Å². The van der Waals surface area contributed by atoms with Gasteiger partial charge in [-0.05, 0) is 49.2 Å². The van der Waals surface area contributed by atoms with Gasteiger partial charge in [-0.2, -0.15) is 5.10 Å². The molecule has 2 rings (SSSR count). The zero-order chi connectivity index (χ0) is 12.3. The molecule has 0 heterocycles. The number of thiocarbonyl (C=S) groups is 1. The third kappa shape index (κ3) is 2.74. The van der Waals surface area contributed by atoms with Crippen LogP contribution in [-0.2, 0) is 6.42 Å². The van der Waals surface area contributed by atoms with Gasteiger partial charge >= 0.3 is 0 Å². The van der Waals surface area contributed by atoms with Crippen LogP contribution >= 0.6 is 12.2 Å². The van der Waals surface area contributed by atoms with Crippen molar-refractivity contribution >= 4 is 23.0 Å². The number of methoxy groups -OCH3 is 1. The highest BCUT2D eigenvalue weighted by Gasteiger charge is 2.16. The van der Waals surface area contributed by atoms with E-state index < -0.39 is 0 Å². The number of hydrogen-bond acceptors (Lipinski definition) is 3. The van der Waals surface area contributed by atoms with Crippen molar-refractivity contribution in [3.05, 3.63) is 29.3 Å². The minimum atomic E-state index is 0.188. The van der Waals surface area contributed by atoms with Crippen LogP contribution in [0, 0.1) is 0 Å². The van der Waals surface area contributed by atoms with Gasteiger partial charge in [-0.1, -0.05) is 6.07 Å². The number of nitrogens with two attached hydrogens (primary N) is 1. The molecule has 0 bridgehead atoms. The summed E-state index contributed by atoms with van der Waals surface area (Å²) in [5, 5.41) is 4.43. The third-order valence-corrected chi connectivity index (χ3v) is 2.88. The van der Waals surface area contributed by atoms with Gasteiger partial charge in [0, 0.05) is 5.56 Å². The Hall–Kier alpha value is -1.62. The van der Waals surface area contributed by atoms with Crippen molar-refractivity contribution in [2.24, 2.45) is 10.8 Å². The predicted molar refractivity (Wildman–Crippen MR) is 72.4 cm³/mol. The van der Waals surface area contributed by atoms with E-state index in [2.05, 4.69) is 16.6 Å². The van der Waals surface area contributed by atoms with Gasteiger partial charge in [0.05, 0.1) is 12.8 Å². The number of ether oxygens (including phenoxy) is 1. The molecule has 90 valence electrons. The largest absolute Gasteiger partial charge is 0.497 e. The number of aryl methyl sites for hydroxylation is 1. The van der Waals surface area contributed by atoms with Gasteiger partial charge in [0.1, 0.15) is 5.75 Å². The Morgan fingerprint density at radius 3 is 3.00 bits per heavy atom. The van der Waals surface area contributed by atoms with Crippen LogP contribution in [0.3, 0.4) is 0 Å². The molecule has 4 nitrogen and oxygen atoms in total. The molecule has 0 aromatic heterocycles. The molecule has 1 aromatic rings. The second-order valence-electron chi connectivity index (χ2n) is 3.91. The average molecular weight is 249 g/mol. The second-order valence-corrected chi connectivity index (χ2v) is 4.35. The zero-order valence-corrected chi connectivity index (χ0v) is 10.5. The van der Waals surface area contributed by atoms with Gasteiger partial charge < -0.3 is 10.5 Å². The summed E-state index contributed by atoms with van der Waals surface area (Å²) in [6.07, 6.45) is 3.10. The molecule has 0 spiro atoms. The lowest BCUT2D eigenvalue weighted by Gasteiger charge is -2.18. The quantitative estimate of drug-likeness (QED) is 0.617. The van der Waals surface area contributed by atoms with Crippen LogP contribution in [0.4, 0.5) is 0 Å². The first-order chi connectivity index (χ1) is 8.20. The number of nitrogens with one attached hydrogen (secondary N) is 1. The number of fused-ring (bicyclic) bond motifs is 1. The van der Waals surface area contributed by atoms with Crippen molar-refractivity contribution in [2.75, 3.05) is 7.11 Å². The molecule has 0 fully saturated rings. The number of benzene rings is 1. The smallest absolute Gasteiger partial charge is 0.184 e. The topological polar surface area (TPSA) is 59.6 Å². The molecule has 0 saturated heterocycles. The Bertz CT molecular complexity index is 471. The lowest BCUT2D eigenvalue weighted by molar-refractivity contribution is 0.414. The van der Waals surface area contributed by atoms with E-state index in [-0.39, 0.29) is 5.11 Å². The van der Waals surface area contributed by atoms with Crippen molar-refractivity contribution in [3.8, 4) is 5.75 Å². The maximum atomic E-state index is 5.37. The summed E-state index contributed by atoms with van der Waals surface area (Å²) in [5.74, 6) is 0.841. The number of hydrazone groups is 1. The highest BCUT2D eigenvalue weighted by atomic mass is 32.1. The van der Waals surface area contributed by atoms with E-state index in [1.807, 2.05) is 12.1 Å². The first-order valence-corrected chi connectivity index (χ1v) is 5.91. The maximum Gasteiger partial charge on any atom is 0.184 e. The SMILES string of the molecule is COc1ccc2c(c1)/C(=N/NC(N)=S)CCC2. The van der Waals surface area contributed by atoms with E-state index in [4.69, 9.17) is 22.7 Å². The average Bonchev–Trinajstić information content (AvgIpc) is 2.35. The predicted octanol–water partition coefficient (Wildman–Crippen LogP) is 1.57. The van der Waals surface area contributed by atoms with E-state index in [0.29, 0.717) is 0 Å². The number of hydrogen-bond donors (Lipinski definition) is 2. The molecule has 0 atom stereocenters. The molecule has 0 radical (unpaired) electrons. The van der Waals surface area contributed by atoms with E-state index in [0.717, 1.165) is 36.3 Å². The lowest BCUT2D eigenvalue weighted by Crippen LogP contribution is -2.26. The Balaban J connectivity index is 2.35. The molecule has 0 saturated carbocycles. The Morgan fingerprint density at radius 1 is 1.47 bits per heavy atom. The maximum absolute atomic E-state index is 5.37. The standard InChI is InChI=1S/C12H15N3OS/c1-16-9-6-5-8-3-2-4-11(10(8)7-9)14-15-12(13)17/h5-7H,2-4H2,1H3,(H3,13,15,17)/b14-11+. The molecule has 1 aromatic carbocycles. The van der Waals surface area contributed by atoms with Gasteiger partial charge in [0.2, 0.25) is 0 Å². The van der Waals surface area contributed by atoms with Crippen LogP contribution in [0.2, 0.25) is 0 Å². The van der Waals surface area contributed by atoms with Crippen molar-refractivity contribution in [2.45, 2.75) is 19.3 Å². The molecule has 5 heteroatoms. The molecule has 0 aliphatic heterocycles. The van der Waals surface area contributed by atoms with Crippen molar-refractivity contribution in [3.63, 3.8) is 0 Å². The molecule has 0 amide bonds. The molecular weight excluding hydrogens is 234 g/mol. The van der Waals surface area contributed by atoms with E-state index >= 15 is 0 Å². The highest BCUT2D eigenvalue weighted by Crippen LogP contribution is 2.25. The van der Waals surface area contributed by atoms with E-state index in [1.165, 1.54) is 5.56 Å². The monoisotopic (exact) mass is 249 g/mol. The molecule has 1 aliphatic rings. The summed E-state index contributed by atoms with van der Waals surface area (Å²) in [4.78, 5) is 0. The summed E-state index contributed by atoms with van der Waals surface area (Å²) < 4.78 is 5.23. The fraction of sp³-hybridized carbons (Fsp3) is 0.333. The normalized spacial score (nSPS) is 16.4. The Morgan fingerprint density at radius 2 is 2.29 bits per heavy atom. The first kappa shape index (κ1) is 11.9. The van der Waals surface area contributed by atoms with Gasteiger partial charge in [0.25, 0.3) is 0 Å². The summed E-state index contributed by atoms with van der Waals surface area (Å²) in [6.45, 7) is 0. The van der Waals surface area contributed by atoms with Crippen LogP contribution in [0.25, 0.3) is 0 Å². The number of nitrogens with zero attached hydrogens (tertiary/aromatic N) is 1. The fourth-order valence-electron chi connectivity index (χ4n) is 1.99. The van der Waals surface area contributed by atoms with Crippen LogP contribution in [0.5, 0.6) is 5.75 Å². The van der Waals surface area contributed by atoms with Gasteiger partial charge in [-0.15, -0.1) is 0 Å². The minimum absolute atomic E-state index is 0.188. The van der Waals surface area contributed by atoms with Crippen LogP contribution in [0.15, 0.2) is 23.3 Å².